The highest BCUT2D eigenvalue weighted by molar-refractivity contribution is 5.40. The predicted molar refractivity (Wildman–Crippen MR) is 94.4 cm³/mol. The van der Waals surface area contributed by atoms with E-state index in [9.17, 15) is 13.2 Å². The van der Waals surface area contributed by atoms with E-state index in [0.717, 1.165) is 49.8 Å². The van der Waals surface area contributed by atoms with Crippen LogP contribution in [0.2, 0.25) is 0 Å². The zero-order chi connectivity index (χ0) is 19.0. The Morgan fingerprint density at radius 2 is 1.70 bits per heavy atom. The normalized spacial score (nSPS) is 22.9. The number of aromatic nitrogens is 2. The molecule has 8 heteroatoms. The minimum absolute atomic E-state index is 0.180. The molecule has 1 aromatic heterocycles. The lowest BCUT2D eigenvalue weighted by molar-refractivity contribution is -0.274. The van der Waals surface area contributed by atoms with Crippen LogP contribution in [0.4, 0.5) is 19.0 Å². The summed E-state index contributed by atoms with van der Waals surface area (Å²) in [7, 11) is 0. The molecule has 0 saturated carbocycles. The van der Waals surface area contributed by atoms with E-state index in [-0.39, 0.29) is 5.75 Å². The molecular formula is C19H21F3N4O. The summed E-state index contributed by atoms with van der Waals surface area (Å²) in [6.45, 7) is 6.66. The number of rotatable bonds is 4. The second kappa shape index (κ2) is 6.99. The summed E-state index contributed by atoms with van der Waals surface area (Å²) < 4.78 is 40.6. The van der Waals surface area contributed by atoms with E-state index in [1.165, 1.54) is 12.1 Å². The van der Waals surface area contributed by atoms with Crippen LogP contribution in [0.1, 0.15) is 11.3 Å². The summed E-state index contributed by atoms with van der Waals surface area (Å²) >= 11 is 0. The Morgan fingerprint density at radius 1 is 1.04 bits per heavy atom. The standard InChI is InChI=1S/C19H21F3N4O/c1-13-6-18(24-12-23-13)26-10-15-8-25(9-16(15)11-26)7-14-2-4-17(5-3-14)27-19(20,21)22/h2-6,12,15-16H,7-11H2,1H3. The van der Waals surface area contributed by atoms with Crippen molar-refractivity contribution in [3.05, 3.63) is 47.9 Å². The van der Waals surface area contributed by atoms with Crippen molar-refractivity contribution in [1.82, 2.24) is 14.9 Å². The number of anilines is 1. The topological polar surface area (TPSA) is 41.5 Å². The number of likely N-dealkylation sites (tertiary alicyclic amines) is 1. The molecule has 4 rings (SSSR count). The number of nitrogens with zero attached hydrogens (tertiary/aromatic N) is 4. The van der Waals surface area contributed by atoms with Gasteiger partial charge in [0, 0.05) is 44.5 Å². The van der Waals surface area contributed by atoms with Gasteiger partial charge in [0.2, 0.25) is 0 Å². The summed E-state index contributed by atoms with van der Waals surface area (Å²) in [5, 5.41) is 0. The smallest absolute Gasteiger partial charge is 0.406 e. The number of alkyl halides is 3. The first-order chi connectivity index (χ1) is 12.9. The van der Waals surface area contributed by atoms with Crippen LogP contribution in [0.25, 0.3) is 0 Å². The SMILES string of the molecule is Cc1cc(N2CC3CN(Cc4ccc(OC(F)(F)F)cc4)CC3C2)ncn1. The van der Waals surface area contributed by atoms with Crippen LogP contribution in [-0.2, 0) is 6.54 Å². The molecule has 0 spiro atoms. The number of ether oxygens (including phenoxy) is 1. The minimum Gasteiger partial charge on any atom is -0.406 e. The monoisotopic (exact) mass is 378 g/mol. The van der Waals surface area contributed by atoms with Gasteiger partial charge in [0.05, 0.1) is 0 Å². The summed E-state index contributed by atoms with van der Waals surface area (Å²) in [5.74, 6) is 1.99. The van der Waals surface area contributed by atoms with E-state index in [1.807, 2.05) is 13.0 Å². The lowest BCUT2D eigenvalue weighted by atomic mass is 10.0. The predicted octanol–water partition coefficient (Wildman–Crippen LogP) is 3.25. The Hall–Kier alpha value is -2.35. The van der Waals surface area contributed by atoms with Gasteiger partial charge in [-0.25, -0.2) is 9.97 Å². The van der Waals surface area contributed by atoms with Crippen LogP contribution in [0.5, 0.6) is 5.75 Å². The molecule has 2 unspecified atom stereocenters. The second-order valence-electron chi connectivity index (χ2n) is 7.33. The van der Waals surface area contributed by atoms with Crippen molar-refractivity contribution < 1.29 is 17.9 Å². The highest BCUT2D eigenvalue weighted by atomic mass is 19.4. The molecule has 0 bridgehead atoms. The maximum absolute atomic E-state index is 12.2. The number of benzene rings is 1. The van der Waals surface area contributed by atoms with Crippen molar-refractivity contribution in [3.63, 3.8) is 0 Å². The van der Waals surface area contributed by atoms with Crippen LogP contribution < -0.4 is 9.64 Å². The number of hydrogen-bond donors (Lipinski definition) is 0. The van der Waals surface area contributed by atoms with Crippen LogP contribution in [-0.4, -0.2) is 47.4 Å². The van der Waals surface area contributed by atoms with Crippen molar-refractivity contribution in [1.29, 1.82) is 0 Å². The molecule has 2 saturated heterocycles. The quantitative estimate of drug-likeness (QED) is 0.817. The van der Waals surface area contributed by atoms with Crippen LogP contribution in [0.15, 0.2) is 36.7 Å². The lowest BCUT2D eigenvalue weighted by Gasteiger charge is -2.22. The number of hydrogen-bond acceptors (Lipinski definition) is 5. The molecule has 1 aromatic carbocycles. The molecule has 5 nitrogen and oxygen atoms in total. The second-order valence-corrected chi connectivity index (χ2v) is 7.33. The van der Waals surface area contributed by atoms with Crippen molar-refractivity contribution in [2.45, 2.75) is 19.8 Å². The van der Waals surface area contributed by atoms with E-state index in [0.29, 0.717) is 11.8 Å². The van der Waals surface area contributed by atoms with Crippen molar-refractivity contribution in [3.8, 4) is 5.75 Å². The summed E-state index contributed by atoms with van der Waals surface area (Å²) in [6.07, 6.45) is -3.04. The molecule has 2 aliphatic rings. The van der Waals surface area contributed by atoms with Gasteiger partial charge in [0.15, 0.2) is 0 Å². The summed E-state index contributed by atoms with van der Waals surface area (Å²) in [5.41, 5.74) is 1.96. The van der Waals surface area contributed by atoms with Crippen LogP contribution in [0.3, 0.4) is 0 Å². The fourth-order valence-electron chi connectivity index (χ4n) is 4.07. The molecule has 0 aliphatic carbocycles. The lowest BCUT2D eigenvalue weighted by Crippen LogP contribution is -2.29. The van der Waals surface area contributed by atoms with Gasteiger partial charge in [-0.1, -0.05) is 12.1 Å². The first kappa shape index (κ1) is 18.0. The van der Waals surface area contributed by atoms with Gasteiger partial charge in [-0.05, 0) is 36.5 Å². The Balaban J connectivity index is 1.32. The molecule has 27 heavy (non-hydrogen) atoms. The van der Waals surface area contributed by atoms with Gasteiger partial charge in [0.1, 0.15) is 17.9 Å². The highest BCUT2D eigenvalue weighted by Gasteiger charge is 2.40. The van der Waals surface area contributed by atoms with E-state index in [4.69, 9.17) is 0 Å². The van der Waals surface area contributed by atoms with Crippen LogP contribution >= 0.6 is 0 Å². The Bertz CT molecular complexity index is 782. The molecule has 3 heterocycles. The molecule has 0 radical (unpaired) electrons. The third kappa shape index (κ3) is 4.32. The Kier molecular flexibility index (Phi) is 4.67. The molecule has 144 valence electrons. The van der Waals surface area contributed by atoms with Gasteiger partial charge in [-0.15, -0.1) is 13.2 Å². The number of halogens is 3. The fraction of sp³-hybridized carbons (Fsp3) is 0.474. The molecule has 0 amide bonds. The maximum Gasteiger partial charge on any atom is 0.573 e. The van der Waals surface area contributed by atoms with Gasteiger partial charge in [-0.2, -0.15) is 0 Å². The zero-order valence-electron chi connectivity index (χ0n) is 15.0. The molecular weight excluding hydrogens is 357 g/mol. The van der Waals surface area contributed by atoms with Gasteiger partial charge in [-0.3, -0.25) is 4.90 Å². The molecule has 2 aromatic rings. The van der Waals surface area contributed by atoms with Crippen molar-refractivity contribution in [2.24, 2.45) is 11.8 Å². The first-order valence-corrected chi connectivity index (χ1v) is 8.96. The number of fused-ring (bicyclic) bond motifs is 1. The van der Waals surface area contributed by atoms with E-state index in [2.05, 4.69) is 24.5 Å². The average Bonchev–Trinajstić information content (AvgIpc) is 3.14. The van der Waals surface area contributed by atoms with Crippen molar-refractivity contribution >= 4 is 5.82 Å². The molecule has 2 aliphatic heterocycles. The summed E-state index contributed by atoms with van der Waals surface area (Å²) in [6, 6.07) is 8.16. The molecule has 2 atom stereocenters. The third-order valence-electron chi connectivity index (χ3n) is 5.24. The summed E-state index contributed by atoms with van der Waals surface area (Å²) in [4.78, 5) is 13.2. The largest absolute Gasteiger partial charge is 0.573 e. The highest BCUT2D eigenvalue weighted by Crippen LogP contribution is 2.34. The van der Waals surface area contributed by atoms with E-state index < -0.39 is 6.36 Å². The average molecular weight is 378 g/mol. The molecule has 0 N–H and O–H groups in total. The Labute approximate surface area is 155 Å². The van der Waals surface area contributed by atoms with E-state index in [1.54, 1.807) is 18.5 Å². The molecule has 2 fully saturated rings. The van der Waals surface area contributed by atoms with E-state index >= 15 is 0 Å². The van der Waals surface area contributed by atoms with Gasteiger partial charge in [0.25, 0.3) is 0 Å². The zero-order valence-corrected chi connectivity index (χ0v) is 15.0. The number of aryl methyl sites for hydroxylation is 1. The fourth-order valence-corrected chi connectivity index (χ4v) is 4.07. The van der Waals surface area contributed by atoms with Gasteiger partial charge < -0.3 is 9.64 Å². The third-order valence-corrected chi connectivity index (χ3v) is 5.24. The first-order valence-electron chi connectivity index (χ1n) is 8.96. The minimum atomic E-state index is -4.65. The van der Waals surface area contributed by atoms with Gasteiger partial charge >= 0.3 is 6.36 Å². The Morgan fingerprint density at radius 3 is 2.30 bits per heavy atom. The van der Waals surface area contributed by atoms with Crippen molar-refractivity contribution in [2.75, 3.05) is 31.1 Å². The maximum atomic E-state index is 12.2. The van der Waals surface area contributed by atoms with Crippen LogP contribution in [0, 0.1) is 18.8 Å².